The molecule has 0 aliphatic carbocycles. The van der Waals surface area contributed by atoms with Crippen LogP contribution < -0.4 is 5.32 Å². The highest BCUT2D eigenvalue weighted by molar-refractivity contribution is 5.76. The molecule has 0 saturated carbocycles. The van der Waals surface area contributed by atoms with Gasteiger partial charge in [0.2, 0.25) is 5.91 Å². The third-order valence-corrected chi connectivity index (χ3v) is 5.09. The lowest BCUT2D eigenvalue weighted by Crippen LogP contribution is -2.62. The molecule has 2 fully saturated rings. The number of piperidine rings is 2. The smallest absolute Gasteiger partial charge is 0.222 e. The summed E-state index contributed by atoms with van der Waals surface area (Å²) in [6.07, 6.45) is 7.49. The Kier molecular flexibility index (Phi) is 4.73. The first kappa shape index (κ1) is 15.4. The van der Waals surface area contributed by atoms with Crippen LogP contribution in [0.1, 0.15) is 32.1 Å². The molecule has 0 bridgehead atoms. The largest absolute Gasteiger partial charge is 0.396 e. The van der Waals surface area contributed by atoms with Crippen molar-refractivity contribution < 1.29 is 9.90 Å². The molecule has 2 saturated heterocycles. The molecule has 7 nitrogen and oxygen atoms in total. The summed E-state index contributed by atoms with van der Waals surface area (Å²) in [5.41, 5.74) is -0.141. The maximum atomic E-state index is 12.4. The van der Waals surface area contributed by atoms with Gasteiger partial charge in [-0.05, 0) is 32.2 Å². The summed E-state index contributed by atoms with van der Waals surface area (Å²) in [7, 11) is 0. The van der Waals surface area contributed by atoms with Gasteiger partial charge in [0.05, 0.1) is 6.61 Å². The second kappa shape index (κ2) is 6.75. The first-order chi connectivity index (χ1) is 10.7. The van der Waals surface area contributed by atoms with E-state index in [2.05, 4.69) is 15.4 Å². The number of carbonyl (C=O) groups excluding carboxylic acids is 1. The van der Waals surface area contributed by atoms with Gasteiger partial charge >= 0.3 is 0 Å². The molecule has 7 heteroatoms. The minimum Gasteiger partial charge on any atom is -0.396 e. The number of nitrogens with one attached hydrogen (secondary N) is 1. The molecule has 0 spiro atoms. The first-order valence-electron chi connectivity index (χ1n) is 8.18. The Balaban J connectivity index is 1.52. The molecule has 1 aromatic rings. The van der Waals surface area contributed by atoms with Crippen LogP contribution in [0.15, 0.2) is 12.7 Å². The number of likely N-dealkylation sites (tertiary alicyclic amines) is 1. The predicted octanol–water partition coefficient (Wildman–Crippen LogP) is 0.0213. The Bertz CT molecular complexity index is 492. The minimum atomic E-state index is -0.141. The fourth-order valence-electron chi connectivity index (χ4n) is 3.80. The van der Waals surface area contributed by atoms with E-state index in [1.807, 2.05) is 4.90 Å². The Hall–Kier alpha value is -1.47. The van der Waals surface area contributed by atoms with Gasteiger partial charge in [-0.25, -0.2) is 4.98 Å². The van der Waals surface area contributed by atoms with Crippen LogP contribution in [0.2, 0.25) is 0 Å². The fourth-order valence-corrected chi connectivity index (χ4v) is 3.80. The lowest BCUT2D eigenvalue weighted by atomic mass is 9.70. The zero-order valence-electron chi connectivity index (χ0n) is 12.9. The van der Waals surface area contributed by atoms with E-state index in [0.29, 0.717) is 19.0 Å². The molecule has 1 amide bonds. The molecule has 122 valence electrons. The van der Waals surface area contributed by atoms with Crippen LogP contribution >= 0.6 is 0 Å². The summed E-state index contributed by atoms with van der Waals surface area (Å²) in [6, 6.07) is 0.352. The molecule has 1 aromatic heterocycles. The van der Waals surface area contributed by atoms with Crippen LogP contribution in [0, 0.1) is 5.41 Å². The molecule has 2 aliphatic rings. The topological polar surface area (TPSA) is 83.3 Å². The van der Waals surface area contributed by atoms with E-state index < -0.39 is 0 Å². The highest BCUT2D eigenvalue weighted by atomic mass is 16.3. The number of aromatic nitrogens is 3. The quantitative estimate of drug-likeness (QED) is 0.801. The zero-order valence-corrected chi connectivity index (χ0v) is 12.9. The molecule has 0 radical (unpaired) electrons. The number of aliphatic hydroxyl groups excluding tert-OH is 1. The van der Waals surface area contributed by atoms with Crippen LogP contribution in [-0.4, -0.2) is 63.0 Å². The van der Waals surface area contributed by atoms with Crippen molar-refractivity contribution in [2.24, 2.45) is 5.41 Å². The maximum absolute atomic E-state index is 12.4. The molecule has 22 heavy (non-hydrogen) atoms. The van der Waals surface area contributed by atoms with Crippen molar-refractivity contribution in [2.75, 3.05) is 26.2 Å². The monoisotopic (exact) mass is 307 g/mol. The lowest BCUT2D eigenvalue weighted by Gasteiger charge is -2.50. The Morgan fingerprint density at radius 1 is 1.50 bits per heavy atom. The second-order valence-corrected chi connectivity index (χ2v) is 6.50. The van der Waals surface area contributed by atoms with Gasteiger partial charge in [-0.3, -0.25) is 9.48 Å². The van der Waals surface area contributed by atoms with Crippen molar-refractivity contribution >= 4 is 5.91 Å². The normalized spacial score (nSPS) is 28.4. The van der Waals surface area contributed by atoms with Crippen LogP contribution in [0.3, 0.4) is 0 Å². The Labute approximate surface area is 130 Å². The molecular formula is C15H25N5O2. The van der Waals surface area contributed by atoms with Crippen molar-refractivity contribution in [3.8, 4) is 0 Å². The highest BCUT2D eigenvalue weighted by Gasteiger charge is 2.45. The average molecular weight is 307 g/mol. The summed E-state index contributed by atoms with van der Waals surface area (Å²) < 4.78 is 1.75. The van der Waals surface area contributed by atoms with E-state index in [1.165, 1.54) is 6.33 Å². The molecular weight excluding hydrogens is 282 g/mol. The van der Waals surface area contributed by atoms with E-state index in [1.54, 1.807) is 11.0 Å². The van der Waals surface area contributed by atoms with Crippen LogP contribution in [0.5, 0.6) is 0 Å². The highest BCUT2D eigenvalue weighted by Crippen LogP contribution is 2.37. The van der Waals surface area contributed by atoms with E-state index in [0.717, 1.165) is 45.3 Å². The van der Waals surface area contributed by atoms with Gasteiger partial charge in [-0.15, -0.1) is 0 Å². The van der Waals surface area contributed by atoms with Gasteiger partial charge in [0.25, 0.3) is 0 Å². The molecule has 0 unspecified atom stereocenters. The van der Waals surface area contributed by atoms with Crippen molar-refractivity contribution in [3.63, 3.8) is 0 Å². The number of fused-ring (bicyclic) bond motifs is 1. The van der Waals surface area contributed by atoms with Crippen molar-refractivity contribution in [2.45, 2.75) is 44.7 Å². The molecule has 2 aliphatic heterocycles. The third kappa shape index (κ3) is 3.15. The number of nitrogens with zero attached hydrogens (tertiary/aromatic N) is 4. The summed E-state index contributed by atoms with van der Waals surface area (Å²) in [4.78, 5) is 18.3. The number of rotatable bonds is 5. The lowest BCUT2D eigenvalue weighted by molar-refractivity contribution is -0.137. The van der Waals surface area contributed by atoms with Crippen molar-refractivity contribution in [1.29, 1.82) is 0 Å². The first-order valence-corrected chi connectivity index (χ1v) is 8.18. The zero-order chi connectivity index (χ0) is 15.4. The van der Waals surface area contributed by atoms with Crippen LogP contribution in [-0.2, 0) is 11.3 Å². The van der Waals surface area contributed by atoms with Crippen LogP contribution in [0.25, 0.3) is 0 Å². The maximum Gasteiger partial charge on any atom is 0.222 e. The van der Waals surface area contributed by atoms with Crippen molar-refractivity contribution in [3.05, 3.63) is 12.7 Å². The summed E-state index contributed by atoms with van der Waals surface area (Å²) in [5.74, 6) is 0.192. The predicted molar refractivity (Wildman–Crippen MR) is 81.0 cm³/mol. The number of aliphatic hydroxyl groups is 1. The number of hydrogen-bond donors (Lipinski definition) is 2. The van der Waals surface area contributed by atoms with Gasteiger partial charge in [0, 0.05) is 37.5 Å². The second-order valence-electron chi connectivity index (χ2n) is 6.50. The Morgan fingerprint density at radius 3 is 3.18 bits per heavy atom. The molecule has 3 heterocycles. The van der Waals surface area contributed by atoms with Gasteiger partial charge < -0.3 is 15.3 Å². The molecule has 2 atom stereocenters. The standard InChI is InChI=1S/C15H25N5O2/c21-10-15-5-2-6-17-13(15)4-8-19(9-15)14(22)3-1-7-20-12-16-11-18-20/h11-13,17,21H,1-10H2/t13-,15-/m1/s1. The SMILES string of the molecule is O=C(CCCn1cncn1)N1CC[C@H]2NCCC[C@]2(CO)C1. The molecule has 3 rings (SSSR count). The Morgan fingerprint density at radius 2 is 2.41 bits per heavy atom. The average Bonchev–Trinajstić information content (AvgIpc) is 3.07. The van der Waals surface area contributed by atoms with E-state index in [4.69, 9.17) is 0 Å². The minimum absolute atomic E-state index is 0.141. The summed E-state index contributed by atoms with van der Waals surface area (Å²) in [5, 5.41) is 17.4. The van der Waals surface area contributed by atoms with Crippen LogP contribution in [0.4, 0.5) is 0 Å². The number of aryl methyl sites for hydroxylation is 1. The number of amides is 1. The van der Waals surface area contributed by atoms with Gasteiger partial charge in [0.1, 0.15) is 12.7 Å². The number of carbonyl (C=O) groups is 1. The summed E-state index contributed by atoms with van der Waals surface area (Å²) >= 11 is 0. The number of hydrogen-bond acceptors (Lipinski definition) is 5. The van der Waals surface area contributed by atoms with E-state index in [9.17, 15) is 9.90 Å². The van der Waals surface area contributed by atoms with Gasteiger partial charge in [-0.1, -0.05) is 0 Å². The summed E-state index contributed by atoms with van der Waals surface area (Å²) in [6.45, 7) is 3.38. The van der Waals surface area contributed by atoms with Gasteiger partial charge in [-0.2, -0.15) is 5.10 Å². The fraction of sp³-hybridized carbons (Fsp3) is 0.800. The third-order valence-electron chi connectivity index (χ3n) is 5.09. The van der Waals surface area contributed by atoms with Crippen molar-refractivity contribution in [1.82, 2.24) is 25.0 Å². The van der Waals surface area contributed by atoms with E-state index >= 15 is 0 Å². The molecule has 2 N–H and O–H groups in total. The molecule has 0 aromatic carbocycles. The van der Waals surface area contributed by atoms with Gasteiger partial charge in [0.15, 0.2) is 0 Å². The van der Waals surface area contributed by atoms with E-state index in [-0.39, 0.29) is 17.9 Å².